The average Bonchev–Trinajstić information content (AvgIpc) is 2.56. The zero-order chi connectivity index (χ0) is 14.8. The molecule has 0 unspecified atom stereocenters. The quantitative estimate of drug-likeness (QED) is 0.575. The summed E-state index contributed by atoms with van der Waals surface area (Å²) in [5.74, 6) is 6.51. The molecule has 0 aromatic heterocycles. The predicted molar refractivity (Wildman–Crippen MR) is 88.8 cm³/mol. The Hall–Kier alpha value is -2.30. The normalized spacial score (nSPS) is 10.8. The molecule has 106 valence electrons. The van der Waals surface area contributed by atoms with Crippen LogP contribution >= 0.6 is 0 Å². The fraction of sp³-hybridized carbons (Fsp3) is 0.200. The SMILES string of the molecule is CCOCC/C=C(\C#Cc1ccccc1)c1ccccc1. The van der Waals surface area contributed by atoms with Crippen LogP contribution in [0.4, 0.5) is 0 Å². The van der Waals surface area contributed by atoms with Gasteiger partial charge in [0.05, 0.1) is 6.61 Å². The highest BCUT2D eigenvalue weighted by Gasteiger charge is 1.97. The number of allylic oxidation sites excluding steroid dienone is 1. The van der Waals surface area contributed by atoms with Crippen molar-refractivity contribution in [1.29, 1.82) is 0 Å². The first-order valence-electron chi connectivity index (χ1n) is 7.30. The summed E-state index contributed by atoms with van der Waals surface area (Å²) in [4.78, 5) is 0. The van der Waals surface area contributed by atoms with Crippen molar-refractivity contribution in [1.82, 2.24) is 0 Å². The minimum absolute atomic E-state index is 0.736. The van der Waals surface area contributed by atoms with Crippen LogP contribution in [0.2, 0.25) is 0 Å². The lowest BCUT2D eigenvalue weighted by Gasteiger charge is -2.01. The maximum absolute atomic E-state index is 5.39. The molecule has 2 rings (SSSR count). The second kappa shape index (κ2) is 8.79. The minimum Gasteiger partial charge on any atom is -0.381 e. The predicted octanol–water partition coefficient (Wildman–Crippen LogP) is 4.55. The molecule has 0 aliphatic carbocycles. The van der Waals surface area contributed by atoms with E-state index < -0.39 is 0 Å². The Bertz CT molecular complexity index is 615. The molecule has 0 aliphatic heterocycles. The van der Waals surface area contributed by atoms with Crippen molar-refractivity contribution in [3.8, 4) is 11.8 Å². The maximum atomic E-state index is 5.39. The van der Waals surface area contributed by atoms with Crippen LogP contribution in [0.15, 0.2) is 66.7 Å². The highest BCUT2D eigenvalue weighted by Crippen LogP contribution is 2.14. The molecule has 0 saturated heterocycles. The molecule has 2 aromatic rings. The monoisotopic (exact) mass is 276 g/mol. The summed E-state index contributed by atoms with van der Waals surface area (Å²) in [7, 11) is 0. The topological polar surface area (TPSA) is 9.23 Å². The summed E-state index contributed by atoms with van der Waals surface area (Å²) in [5, 5.41) is 0. The van der Waals surface area contributed by atoms with Crippen molar-refractivity contribution in [3.63, 3.8) is 0 Å². The van der Waals surface area contributed by atoms with Gasteiger partial charge in [-0.05, 0) is 31.0 Å². The standard InChI is InChI=1S/C20H20O/c1-2-21-17-9-14-20(19-12-7-4-8-13-19)16-15-18-10-5-3-6-11-18/h3-8,10-14H,2,9,17H2,1H3/b20-14+. The molecule has 1 heteroatoms. The van der Waals surface area contributed by atoms with E-state index in [1.165, 1.54) is 0 Å². The van der Waals surface area contributed by atoms with E-state index in [9.17, 15) is 0 Å². The fourth-order valence-electron chi connectivity index (χ4n) is 1.95. The Morgan fingerprint density at radius 2 is 1.67 bits per heavy atom. The number of hydrogen-bond donors (Lipinski definition) is 0. The van der Waals surface area contributed by atoms with Crippen molar-refractivity contribution < 1.29 is 4.74 Å². The van der Waals surface area contributed by atoms with E-state index in [1.807, 2.05) is 55.5 Å². The molecule has 0 fully saturated rings. The van der Waals surface area contributed by atoms with Gasteiger partial charge in [0.2, 0.25) is 0 Å². The van der Waals surface area contributed by atoms with Gasteiger partial charge in [-0.1, -0.05) is 66.4 Å². The molecular formula is C20H20O. The van der Waals surface area contributed by atoms with E-state index in [4.69, 9.17) is 4.74 Å². The van der Waals surface area contributed by atoms with Gasteiger partial charge in [-0.2, -0.15) is 0 Å². The van der Waals surface area contributed by atoms with E-state index in [0.29, 0.717) is 0 Å². The molecule has 1 nitrogen and oxygen atoms in total. The molecule has 0 aliphatic rings. The van der Waals surface area contributed by atoms with Crippen LogP contribution in [-0.2, 0) is 4.74 Å². The zero-order valence-corrected chi connectivity index (χ0v) is 12.4. The highest BCUT2D eigenvalue weighted by molar-refractivity contribution is 5.79. The minimum atomic E-state index is 0.736. The van der Waals surface area contributed by atoms with Gasteiger partial charge in [0, 0.05) is 17.7 Å². The molecule has 0 bridgehead atoms. The molecular weight excluding hydrogens is 256 g/mol. The summed E-state index contributed by atoms with van der Waals surface area (Å²) in [6.45, 7) is 3.50. The largest absolute Gasteiger partial charge is 0.381 e. The van der Waals surface area contributed by atoms with Crippen LogP contribution in [0.25, 0.3) is 5.57 Å². The molecule has 0 atom stereocenters. The first kappa shape index (κ1) is 15.1. The summed E-state index contributed by atoms with van der Waals surface area (Å²) < 4.78 is 5.39. The maximum Gasteiger partial charge on any atom is 0.0500 e. The molecule has 0 amide bonds. The van der Waals surface area contributed by atoms with Gasteiger partial charge in [0.1, 0.15) is 0 Å². The van der Waals surface area contributed by atoms with Crippen molar-refractivity contribution in [2.24, 2.45) is 0 Å². The van der Waals surface area contributed by atoms with E-state index in [1.54, 1.807) is 0 Å². The Morgan fingerprint density at radius 3 is 2.33 bits per heavy atom. The third kappa shape index (κ3) is 5.30. The van der Waals surface area contributed by atoms with Crippen molar-refractivity contribution in [2.75, 3.05) is 13.2 Å². The van der Waals surface area contributed by atoms with E-state index in [2.05, 4.69) is 30.0 Å². The number of rotatable bonds is 5. The van der Waals surface area contributed by atoms with Crippen LogP contribution < -0.4 is 0 Å². The summed E-state index contributed by atoms with van der Waals surface area (Å²) in [6.07, 6.45) is 3.03. The van der Waals surface area contributed by atoms with Gasteiger partial charge >= 0.3 is 0 Å². The Kier molecular flexibility index (Phi) is 6.32. The number of hydrogen-bond acceptors (Lipinski definition) is 1. The van der Waals surface area contributed by atoms with Crippen molar-refractivity contribution in [3.05, 3.63) is 77.9 Å². The van der Waals surface area contributed by atoms with Gasteiger partial charge in [0.25, 0.3) is 0 Å². The van der Waals surface area contributed by atoms with Crippen LogP contribution in [0.3, 0.4) is 0 Å². The lowest BCUT2D eigenvalue weighted by Crippen LogP contribution is -1.91. The Morgan fingerprint density at radius 1 is 1.00 bits per heavy atom. The first-order valence-corrected chi connectivity index (χ1v) is 7.30. The zero-order valence-electron chi connectivity index (χ0n) is 12.4. The molecule has 0 spiro atoms. The number of benzene rings is 2. The van der Waals surface area contributed by atoms with E-state index >= 15 is 0 Å². The molecule has 0 saturated carbocycles. The summed E-state index contributed by atoms with van der Waals surface area (Å²) in [6, 6.07) is 20.3. The second-order valence-corrected chi connectivity index (χ2v) is 4.59. The third-order valence-corrected chi connectivity index (χ3v) is 3.01. The van der Waals surface area contributed by atoms with Crippen LogP contribution in [0, 0.1) is 11.8 Å². The smallest absolute Gasteiger partial charge is 0.0500 e. The Balaban J connectivity index is 2.19. The molecule has 0 N–H and O–H groups in total. The fourth-order valence-corrected chi connectivity index (χ4v) is 1.95. The van der Waals surface area contributed by atoms with Gasteiger partial charge in [-0.3, -0.25) is 0 Å². The average molecular weight is 276 g/mol. The van der Waals surface area contributed by atoms with E-state index in [0.717, 1.165) is 36.3 Å². The first-order chi connectivity index (χ1) is 10.4. The van der Waals surface area contributed by atoms with Crippen LogP contribution in [-0.4, -0.2) is 13.2 Å². The lowest BCUT2D eigenvalue weighted by molar-refractivity contribution is 0.152. The van der Waals surface area contributed by atoms with Gasteiger partial charge in [0.15, 0.2) is 0 Å². The van der Waals surface area contributed by atoms with Gasteiger partial charge < -0.3 is 4.74 Å². The summed E-state index contributed by atoms with van der Waals surface area (Å²) in [5.41, 5.74) is 3.24. The molecule has 0 heterocycles. The molecule has 21 heavy (non-hydrogen) atoms. The third-order valence-electron chi connectivity index (χ3n) is 3.01. The van der Waals surface area contributed by atoms with Gasteiger partial charge in [-0.15, -0.1) is 0 Å². The number of ether oxygens (including phenoxy) is 1. The highest BCUT2D eigenvalue weighted by atomic mass is 16.5. The lowest BCUT2D eigenvalue weighted by atomic mass is 10.0. The van der Waals surface area contributed by atoms with Crippen molar-refractivity contribution >= 4 is 5.57 Å². The summed E-state index contributed by atoms with van der Waals surface area (Å²) >= 11 is 0. The molecule has 0 radical (unpaired) electrons. The van der Waals surface area contributed by atoms with Crippen LogP contribution in [0.1, 0.15) is 24.5 Å². The van der Waals surface area contributed by atoms with Crippen molar-refractivity contribution in [2.45, 2.75) is 13.3 Å². The van der Waals surface area contributed by atoms with E-state index in [-0.39, 0.29) is 0 Å². The van der Waals surface area contributed by atoms with Crippen LogP contribution in [0.5, 0.6) is 0 Å². The second-order valence-electron chi connectivity index (χ2n) is 4.59. The molecule has 2 aromatic carbocycles. The Labute approximate surface area is 127 Å². The van der Waals surface area contributed by atoms with Gasteiger partial charge in [-0.25, -0.2) is 0 Å².